The van der Waals surface area contributed by atoms with Crippen molar-refractivity contribution >= 4 is 22.5 Å². The second kappa shape index (κ2) is 8.24. The molecule has 4 rings (SSSR count). The molecule has 2 aromatic carbocycles. The maximum atomic E-state index is 12.3. The Kier molecular flexibility index (Phi) is 5.35. The Morgan fingerprint density at radius 1 is 1.24 bits per heavy atom. The highest BCUT2D eigenvalue weighted by atomic mass is 16.5. The average Bonchev–Trinajstić information content (AvgIpc) is 2.85. The van der Waals surface area contributed by atoms with Gasteiger partial charge < -0.3 is 14.4 Å². The van der Waals surface area contributed by atoms with Crippen molar-refractivity contribution in [3.05, 3.63) is 60.3 Å². The third-order valence-electron chi connectivity index (χ3n) is 4.87. The van der Waals surface area contributed by atoms with Crippen molar-refractivity contribution in [1.29, 1.82) is 0 Å². The van der Waals surface area contributed by atoms with Gasteiger partial charge >= 0.3 is 0 Å². The molecule has 0 spiro atoms. The molecule has 0 fully saturated rings. The summed E-state index contributed by atoms with van der Waals surface area (Å²) in [7, 11) is 1.77. The van der Waals surface area contributed by atoms with E-state index in [1.807, 2.05) is 55.5 Å². The standard InChI is InChI=1S/C24H22N2O3/c1-17-16-29-23-11-8-18(14-22(23)26(2)24(17)27)6-3-4-13-28-20-10-9-19-7-5-12-25-21(19)15-20/h5,7-12,14-15,17H,4,13,16H2,1-2H3/t17-/m0/s1. The zero-order valence-corrected chi connectivity index (χ0v) is 16.5. The number of pyridine rings is 1. The number of rotatable bonds is 3. The Balaban J connectivity index is 1.39. The number of hydrogen-bond acceptors (Lipinski definition) is 4. The quantitative estimate of drug-likeness (QED) is 0.503. The summed E-state index contributed by atoms with van der Waals surface area (Å²) in [5.41, 5.74) is 2.51. The van der Waals surface area contributed by atoms with Crippen molar-refractivity contribution in [1.82, 2.24) is 4.98 Å². The summed E-state index contributed by atoms with van der Waals surface area (Å²) in [5, 5.41) is 1.09. The molecule has 2 heterocycles. The zero-order chi connectivity index (χ0) is 20.2. The van der Waals surface area contributed by atoms with Gasteiger partial charge in [0.15, 0.2) is 0 Å². The summed E-state index contributed by atoms with van der Waals surface area (Å²) in [4.78, 5) is 18.3. The van der Waals surface area contributed by atoms with Gasteiger partial charge in [-0.2, -0.15) is 0 Å². The largest absolute Gasteiger partial charge is 0.493 e. The Hall–Kier alpha value is -3.52. The van der Waals surface area contributed by atoms with E-state index in [4.69, 9.17) is 9.47 Å². The molecule has 1 atom stereocenters. The number of carbonyl (C=O) groups excluding carboxylic acids is 1. The fourth-order valence-corrected chi connectivity index (χ4v) is 3.24. The van der Waals surface area contributed by atoms with E-state index in [2.05, 4.69) is 16.8 Å². The van der Waals surface area contributed by atoms with Crippen molar-refractivity contribution in [3.8, 4) is 23.3 Å². The van der Waals surface area contributed by atoms with Crippen LogP contribution in [0.1, 0.15) is 18.9 Å². The number of hydrogen-bond donors (Lipinski definition) is 0. The van der Waals surface area contributed by atoms with Gasteiger partial charge in [0.25, 0.3) is 0 Å². The monoisotopic (exact) mass is 386 g/mol. The average molecular weight is 386 g/mol. The number of carbonyl (C=O) groups is 1. The number of aromatic nitrogens is 1. The van der Waals surface area contributed by atoms with Crippen molar-refractivity contribution in [2.45, 2.75) is 13.3 Å². The van der Waals surface area contributed by atoms with E-state index in [0.29, 0.717) is 25.4 Å². The first-order valence-electron chi connectivity index (χ1n) is 9.63. The van der Waals surface area contributed by atoms with Crippen molar-refractivity contribution in [2.24, 2.45) is 5.92 Å². The predicted molar refractivity (Wildman–Crippen MR) is 113 cm³/mol. The highest BCUT2D eigenvalue weighted by Crippen LogP contribution is 2.32. The summed E-state index contributed by atoms with van der Waals surface area (Å²) in [6, 6.07) is 15.5. The smallest absolute Gasteiger partial charge is 0.233 e. The molecule has 0 saturated heterocycles. The minimum absolute atomic E-state index is 0.0483. The van der Waals surface area contributed by atoms with Crippen LogP contribution in [0.25, 0.3) is 10.9 Å². The highest BCUT2D eigenvalue weighted by molar-refractivity contribution is 5.96. The first-order chi connectivity index (χ1) is 14.1. The summed E-state index contributed by atoms with van der Waals surface area (Å²) >= 11 is 0. The molecule has 1 aliphatic rings. The fraction of sp³-hybridized carbons (Fsp3) is 0.250. The van der Waals surface area contributed by atoms with Crippen LogP contribution in [-0.4, -0.2) is 31.2 Å². The minimum Gasteiger partial charge on any atom is -0.493 e. The molecular weight excluding hydrogens is 364 g/mol. The molecule has 3 aromatic rings. The zero-order valence-electron chi connectivity index (χ0n) is 16.5. The second-order valence-electron chi connectivity index (χ2n) is 7.05. The van der Waals surface area contributed by atoms with E-state index in [9.17, 15) is 4.79 Å². The topological polar surface area (TPSA) is 51.7 Å². The molecule has 0 radical (unpaired) electrons. The molecule has 1 amide bonds. The molecule has 0 unspecified atom stereocenters. The summed E-state index contributed by atoms with van der Waals surface area (Å²) in [6.45, 7) is 2.76. The van der Waals surface area contributed by atoms with Gasteiger partial charge in [-0.05, 0) is 36.4 Å². The van der Waals surface area contributed by atoms with E-state index >= 15 is 0 Å². The Bertz CT molecular complexity index is 1110. The van der Waals surface area contributed by atoms with Gasteiger partial charge in [-0.1, -0.05) is 24.8 Å². The van der Waals surface area contributed by atoms with Gasteiger partial charge in [0.1, 0.15) is 11.5 Å². The SMILES string of the molecule is C[C@H]1COc2ccc(C#CCCOc3ccc4cccnc4c3)cc2N(C)C1=O. The lowest BCUT2D eigenvalue weighted by Gasteiger charge is -2.17. The third kappa shape index (κ3) is 4.17. The lowest BCUT2D eigenvalue weighted by Crippen LogP contribution is -2.31. The summed E-state index contributed by atoms with van der Waals surface area (Å²) in [5.74, 6) is 7.66. The van der Waals surface area contributed by atoms with Crippen molar-refractivity contribution in [2.75, 3.05) is 25.2 Å². The lowest BCUT2D eigenvalue weighted by atomic mass is 10.1. The summed E-state index contributed by atoms with van der Waals surface area (Å²) in [6.07, 6.45) is 2.37. The highest BCUT2D eigenvalue weighted by Gasteiger charge is 2.25. The number of ether oxygens (including phenoxy) is 2. The molecule has 0 aliphatic carbocycles. The first kappa shape index (κ1) is 18.8. The molecule has 5 heteroatoms. The molecule has 0 N–H and O–H groups in total. The van der Waals surface area contributed by atoms with Crippen LogP contribution in [-0.2, 0) is 4.79 Å². The number of fused-ring (bicyclic) bond motifs is 2. The van der Waals surface area contributed by atoms with E-state index in [0.717, 1.165) is 27.9 Å². The van der Waals surface area contributed by atoms with E-state index < -0.39 is 0 Å². The molecule has 1 aromatic heterocycles. The van der Waals surface area contributed by atoms with Crippen LogP contribution in [0.4, 0.5) is 5.69 Å². The second-order valence-corrected chi connectivity index (χ2v) is 7.05. The van der Waals surface area contributed by atoms with Crippen LogP contribution in [0, 0.1) is 17.8 Å². The number of benzene rings is 2. The van der Waals surface area contributed by atoms with Gasteiger partial charge in [-0.25, -0.2) is 0 Å². The van der Waals surface area contributed by atoms with Crippen LogP contribution in [0.2, 0.25) is 0 Å². The number of anilines is 1. The lowest BCUT2D eigenvalue weighted by molar-refractivity contribution is -0.122. The number of amides is 1. The predicted octanol–water partition coefficient (Wildman–Crippen LogP) is 4.05. The fourth-order valence-electron chi connectivity index (χ4n) is 3.24. The maximum Gasteiger partial charge on any atom is 0.233 e. The molecule has 0 saturated carbocycles. The van der Waals surface area contributed by atoms with Crippen LogP contribution >= 0.6 is 0 Å². The van der Waals surface area contributed by atoms with E-state index in [1.54, 1.807) is 18.1 Å². The van der Waals surface area contributed by atoms with E-state index in [-0.39, 0.29) is 11.8 Å². The number of nitrogens with zero attached hydrogens (tertiary/aromatic N) is 2. The molecular formula is C24H22N2O3. The van der Waals surface area contributed by atoms with E-state index in [1.165, 1.54) is 0 Å². The van der Waals surface area contributed by atoms with Crippen molar-refractivity contribution in [3.63, 3.8) is 0 Å². The van der Waals surface area contributed by atoms with Crippen LogP contribution in [0.15, 0.2) is 54.7 Å². The molecule has 1 aliphatic heterocycles. The van der Waals surface area contributed by atoms with Gasteiger partial charge in [0.2, 0.25) is 5.91 Å². The minimum atomic E-state index is -0.163. The van der Waals surface area contributed by atoms with Gasteiger partial charge in [-0.15, -0.1) is 0 Å². The molecule has 0 bridgehead atoms. The normalized spacial score (nSPS) is 15.7. The van der Waals surface area contributed by atoms with Gasteiger partial charge in [-0.3, -0.25) is 9.78 Å². The van der Waals surface area contributed by atoms with Crippen LogP contribution < -0.4 is 14.4 Å². The molecule has 29 heavy (non-hydrogen) atoms. The molecule has 146 valence electrons. The maximum absolute atomic E-state index is 12.3. The van der Waals surface area contributed by atoms with Gasteiger partial charge in [0.05, 0.1) is 30.3 Å². The Morgan fingerprint density at radius 2 is 2.14 bits per heavy atom. The van der Waals surface area contributed by atoms with Crippen LogP contribution in [0.3, 0.4) is 0 Å². The van der Waals surface area contributed by atoms with Crippen LogP contribution in [0.5, 0.6) is 11.5 Å². The molecule has 5 nitrogen and oxygen atoms in total. The Labute approximate surface area is 170 Å². The Morgan fingerprint density at radius 3 is 3.03 bits per heavy atom. The third-order valence-corrected chi connectivity index (χ3v) is 4.87. The van der Waals surface area contributed by atoms with Crippen molar-refractivity contribution < 1.29 is 14.3 Å². The first-order valence-corrected chi connectivity index (χ1v) is 9.63. The summed E-state index contributed by atoms with van der Waals surface area (Å²) < 4.78 is 11.5. The van der Waals surface area contributed by atoms with Gasteiger partial charge in [0, 0.05) is 36.7 Å².